The van der Waals surface area contributed by atoms with E-state index >= 15 is 0 Å². The predicted molar refractivity (Wildman–Crippen MR) is 55.7 cm³/mol. The van der Waals surface area contributed by atoms with E-state index in [0.29, 0.717) is 0 Å². The van der Waals surface area contributed by atoms with Crippen molar-refractivity contribution in [3.8, 4) is 5.88 Å². The van der Waals surface area contributed by atoms with Crippen molar-refractivity contribution in [1.82, 2.24) is 4.98 Å². The number of alkyl halides is 4. The summed E-state index contributed by atoms with van der Waals surface area (Å²) in [4.78, 5) is 14.5. The van der Waals surface area contributed by atoms with Crippen LogP contribution in [0.2, 0.25) is 5.02 Å². The van der Waals surface area contributed by atoms with Crippen LogP contribution < -0.4 is 4.74 Å². The molecule has 0 radical (unpaired) electrons. The molecule has 0 aliphatic rings. The molecule has 0 spiro atoms. The summed E-state index contributed by atoms with van der Waals surface area (Å²) < 4.78 is 53.3. The predicted octanol–water partition coefficient (Wildman–Crippen LogP) is 3.22. The molecule has 1 heterocycles. The Kier molecular flexibility index (Phi) is 4.50. The van der Waals surface area contributed by atoms with E-state index in [4.69, 9.17) is 11.6 Å². The molecule has 100 valence electrons. The van der Waals surface area contributed by atoms with Crippen LogP contribution in [-0.2, 0) is 0 Å². The third-order valence-corrected chi connectivity index (χ3v) is 2.21. The first-order valence-electron chi connectivity index (χ1n) is 4.69. The summed E-state index contributed by atoms with van der Waals surface area (Å²) in [5.74, 6) is -5.04. The molecule has 1 aromatic heterocycles. The number of nitrogens with zero attached hydrogens (tertiary/aromatic N) is 1. The number of ether oxygens (including phenoxy) is 1. The van der Waals surface area contributed by atoms with Gasteiger partial charge in [0.2, 0.25) is 5.88 Å². The first-order valence-corrected chi connectivity index (χ1v) is 5.07. The van der Waals surface area contributed by atoms with Crippen molar-refractivity contribution in [2.45, 2.75) is 19.3 Å². The van der Waals surface area contributed by atoms with Gasteiger partial charge in [0.05, 0.1) is 0 Å². The maximum atomic E-state index is 12.6. The van der Waals surface area contributed by atoms with Gasteiger partial charge in [0.1, 0.15) is 5.02 Å². The fourth-order valence-corrected chi connectivity index (χ4v) is 1.17. The van der Waals surface area contributed by atoms with E-state index in [1.54, 1.807) is 0 Å². The molecular formula is C10H8ClF4NO2. The molecule has 0 unspecified atom stereocenters. The molecule has 0 bridgehead atoms. The zero-order chi connectivity index (χ0) is 13.9. The van der Waals surface area contributed by atoms with E-state index in [2.05, 4.69) is 9.72 Å². The van der Waals surface area contributed by atoms with Crippen LogP contribution in [0.4, 0.5) is 17.6 Å². The highest BCUT2D eigenvalue weighted by atomic mass is 35.5. The van der Waals surface area contributed by atoms with E-state index in [-0.39, 0.29) is 16.4 Å². The van der Waals surface area contributed by atoms with Gasteiger partial charge < -0.3 is 4.74 Å². The number of Topliss-reactive ketones (excluding diaryl/α,β-unsaturated/α-hetero) is 1. The lowest BCUT2D eigenvalue weighted by atomic mass is 10.2. The first-order chi connectivity index (χ1) is 8.24. The van der Waals surface area contributed by atoms with Gasteiger partial charge in [-0.25, -0.2) is 13.8 Å². The maximum absolute atomic E-state index is 12.6. The molecule has 0 atom stereocenters. The monoisotopic (exact) mass is 285 g/mol. The van der Waals surface area contributed by atoms with Crippen LogP contribution in [0.3, 0.4) is 0 Å². The van der Waals surface area contributed by atoms with Crippen LogP contribution in [0, 0.1) is 0 Å². The van der Waals surface area contributed by atoms with E-state index in [1.807, 2.05) is 0 Å². The number of aromatic nitrogens is 1. The number of carbonyl (C=O) groups excluding carboxylic acids is 1. The molecule has 0 amide bonds. The second-order valence-electron chi connectivity index (χ2n) is 3.42. The fourth-order valence-electron chi connectivity index (χ4n) is 0.952. The Hall–Kier alpha value is -1.37. The number of hydrogen-bond donors (Lipinski definition) is 0. The summed E-state index contributed by atoms with van der Waals surface area (Å²) in [5, 5.41) is -0.201. The average Bonchev–Trinajstić information content (AvgIpc) is 2.26. The van der Waals surface area contributed by atoms with Gasteiger partial charge in [0.25, 0.3) is 0 Å². The van der Waals surface area contributed by atoms with E-state index in [0.717, 1.165) is 12.3 Å². The normalized spacial score (nSPS) is 11.7. The van der Waals surface area contributed by atoms with Gasteiger partial charge in [-0.2, -0.15) is 8.78 Å². The molecular weight excluding hydrogens is 278 g/mol. The minimum absolute atomic E-state index is 0.160. The summed E-state index contributed by atoms with van der Waals surface area (Å²) in [6.45, 7) is -0.282. The van der Waals surface area contributed by atoms with Crippen LogP contribution in [0.25, 0.3) is 0 Å². The molecule has 18 heavy (non-hydrogen) atoms. The van der Waals surface area contributed by atoms with E-state index in [9.17, 15) is 22.4 Å². The number of carbonyl (C=O) groups is 1. The molecule has 0 aliphatic carbocycles. The Balaban J connectivity index is 2.78. The van der Waals surface area contributed by atoms with Crippen LogP contribution in [0.15, 0.2) is 12.3 Å². The molecule has 1 aromatic rings. The summed E-state index contributed by atoms with van der Waals surface area (Å²) in [5.41, 5.74) is 0.160. The number of halogens is 5. The van der Waals surface area contributed by atoms with Crippen molar-refractivity contribution >= 4 is 17.4 Å². The lowest BCUT2D eigenvalue weighted by Crippen LogP contribution is -2.34. The minimum atomic E-state index is -4.29. The maximum Gasteiger partial charge on any atom is 0.340 e. The zero-order valence-corrected chi connectivity index (χ0v) is 9.85. The van der Waals surface area contributed by atoms with Gasteiger partial charge in [0.15, 0.2) is 12.4 Å². The zero-order valence-electron chi connectivity index (χ0n) is 9.09. The average molecular weight is 286 g/mol. The van der Waals surface area contributed by atoms with Crippen LogP contribution >= 0.6 is 11.6 Å². The Labute approximate surface area is 105 Å². The summed E-state index contributed by atoms with van der Waals surface area (Å²) in [6.07, 6.45) is -2.78. The lowest BCUT2D eigenvalue weighted by Gasteiger charge is -2.15. The summed E-state index contributed by atoms with van der Waals surface area (Å²) in [7, 11) is 0. The van der Waals surface area contributed by atoms with Gasteiger partial charge in [-0.3, -0.25) is 4.79 Å². The SMILES string of the molecule is CC(=O)c1cnc(OCC(F)(F)C(F)F)c(Cl)c1. The van der Waals surface area contributed by atoms with Crippen molar-refractivity contribution in [2.24, 2.45) is 0 Å². The largest absolute Gasteiger partial charge is 0.470 e. The Morgan fingerprint density at radius 2 is 2.17 bits per heavy atom. The van der Waals surface area contributed by atoms with Gasteiger partial charge >= 0.3 is 12.3 Å². The molecule has 8 heteroatoms. The second-order valence-corrected chi connectivity index (χ2v) is 3.82. The topological polar surface area (TPSA) is 39.2 Å². The molecule has 0 aliphatic heterocycles. The molecule has 1 rings (SSSR count). The Bertz CT molecular complexity index is 454. The number of rotatable bonds is 5. The van der Waals surface area contributed by atoms with Crippen molar-refractivity contribution in [3.05, 3.63) is 22.8 Å². The number of pyridine rings is 1. The van der Waals surface area contributed by atoms with Crippen LogP contribution in [-0.4, -0.2) is 29.7 Å². The molecule has 0 saturated carbocycles. The molecule has 0 saturated heterocycles. The van der Waals surface area contributed by atoms with Gasteiger partial charge in [-0.15, -0.1) is 0 Å². The van der Waals surface area contributed by atoms with E-state index in [1.165, 1.54) is 6.92 Å². The van der Waals surface area contributed by atoms with Crippen molar-refractivity contribution in [3.63, 3.8) is 0 Å². The lowest BCUT2D eigenvalue weighted by molar-refractivity contribution is -0.148. The Morgan fingerprint density at radius 3 is 2.61 bits per heavy atom. The first kappa shape index (κ1) is 14.7. The van der Waals surface area contributed by atoms with Crippen LogP contribution in [0.1, 0.15) is 17.3 Å². The third-order valence-electron chi connectivity index (χ3n) is 1.93. The minimum Gasteiger partial charge on any atom is -0.470 e. The second kappa shape index (κ2) is 5.51. The van der Waals surface area contributed by atoms with E-state index < -0.39 is 24.8 Å². The highest BCUT2D eigenvalue weighted by Gasteiger charge is 2.42. The number of ketones is 1. The van der Waals surface area contributed by atoms with Gasteiger partial charge in [0, 0.05) is 11.8 Å². The molecule has 0 N–H and O–H groups in total. The van der Waals surface area contributed by atoms with Crippen molar-refractivity contribution in [2.75, 3.05) is 6.61 Å². The highest BCUT2D eigenvalue weighted by molar-refractivity contribution is 6.32. The smallest absolute Gasteiger partial charge is 0.340 e. The van der Waals surface area contributed by atoms with Crippen LogP contribution in [0.5, 0.6) is 5.88 Å². The summed E-state index contributed by atoms with van der Waals surface area (Å²) in [6, 6.07) is 1.16. The highest BCUT2D eigenvalue weighted by Crippen LogP contribution is 2.27. The fraction of sp³-hybridized carbons (Fsp3) is 0.400. The number of hydrogen-bond acceptors (Lipinski definition) is 3. The molecule has 3 nitrogen and oxygen atoms in total. The van der Waals surface area contributed by atoms with Gasteiger partial charge in [-0.05, 0) is 13.0 Å². The van der Waals surface area contributed by atoms with Gasteiger partial charge in [-0.1, -0.05) is 11.6 Å². The van der Waals surface area contributed by atoms with Crippen molar-refractivity contribution < 1.29 is 27.1 Å². The third kappa shape index (κ3) is 3.56. The summed E-state index contributed by atoms with van der Waals surface area (Å²) >= 11 is 5.61. The Morgan fingerprint density at radius 1 is 1.56 bits per heavy atom. The molecule has 0 aromatic carbocycles. The standard InChI is InChI=1S/C10H8ClF4NO2/c1-5(17)6-2-7(11)8(16-3-6)18-4-10(14,15)9(12)13/h2-3,9H,4H2,1H3. The quantitative estimate of drug-likeness (QED) is 0.616. The van der Waals surface area contributed by atoms with Crippen molar-refractivity contribution in [1.29, 1.82) is 0 Å². The molecule has 0 fully saturated rings.